The summed E-state index contributed by atoms with van der Waals surface area (Å²) in [5.74, 6) is -0.0931. The fourth-order valence-corrected chi connectivity index (χ4v) is 2.47. The van der Waals surface area contributed by atoms with Gasteiger partial charge in [0.25, 0.3) is 0 Å². The number of esters is 1. The van der Waals surface area contributed by atoms with E-state index in [2.05, 4.69) is 19.1 Å². The number of carbonyl (C=O) groups excluding carboxylic acids is 1. The number of hydrogen-bond donors (Lipinski definition) is 1. The third kappa shape index (κ3) is 9.46. The second-order valence-electron chi connectivity index (χ2n) is 5.78. The van der Waals surface area contributed by atoms with Gasteiger partial charge in [-0.2, -0.15) is 0 Å². The van der Waals surface area contributed by atoms with Crippen molar-refractivity contribution in [3.8, 4) is 0 Å². The van der Waals surface area contributed by atoms with Gasteiger partial charge in [0.05, 0.1) is 6.10 Å². The lowest BCUT2D eigenvalue weighted by Gasteiger charge is -2.22. The first-order chi connectivity index (χ1) is 10.2. The van der Waals surface area contributed by atoms with Crippen molar-refractivity contribution in [2.24, 2.45) is 0 Å². The molecule has 0 aliphatic carbocycles. The number of rotatable bonds is 10. The number of aliphatic hydroxyl groups excluding tert-OH is 1. The SMILES string of the molecule is CCCCC/C=C\C/C=C\[C@H](O)CC[C@@H]1CCCC(=O)O1. The highest BCUT2D eigenvalue weighted by Crippen LogP contribution is 2.19. The van der Waals surface area contributed by atoms with Crippen LogP contribution in [-0.4, -0.2) is 23.3 Å². The second-order valence-corrected chi connectivity index (χ2v) is 5.78. The van der Waals surface area contributed by atoms with Crippen LogP contribution < -0.4 is 0 Å². The largest absolute Gasteiger partial charge is 0.462 e. The van der Waals surface area contributed by atoms with E-state index in [1.165, 1.54) is 19.3 Å². The third-order valence-corrected chi connectivity index (χ3v) is 3.76. The zero-order valence-electron chi connectivity index (χ0n) is 13.3. The maximum atomic E-state index is 11.2. The number of hydrogen-bond acceptors (Lipinski definition) is 3. The monoisotopic (exact) mass is 294 g/mol. The molecule has 1 heterocycles. The molecule has 1 rings (SSSR count). The van der Waals surface area contributed by atoms with E-state index in [1.54, 1.807) is 0 Å². The van der Waals surface area contributed by atoms with Crippen LogP contribution >= 0.6 is 0 Å². The van der Waals surface area contributed by atoms with E-state index in [0.717, 1.165) is 32.1 Å². The van der Waals surface area contributed by atoms with E-state index in [1.807, 2.05) is 12.2 Å². The van der Waals surface area contributed by atoms with Gasteiger partial charge in [-0.3, -0.25) is 4.79 Å². The maximum absolute atomic E-state index is 11.2. The topological polar surface area (TPSA) is 46.5 Å². The molecule has 0 unspecified atom stereocenters. The van der Waals surface area contributed by atoms with Crippen molar-refractivity contribution in [3.63, 3.8) is 0 Å². The van der Waals surface area contributed by atoms with Crippen LogP contribution in [0.2, 0.25) is 0 Å². The molecule has 0 aromatic rings. The Kier molecular flexibility index (Phi) is 9.88. The van der Waals surface area contributed by atoms with Crippen molar-refractivity contribution < 1.29 is 14.6 Å². The summed E-state index contributed by atoms with van der Waals surface area (Å²) in [7, 11) is 0. The van der Waals surface area contributed by atoms with Gasteiger partial charge in [-0.1, -0.05) is 44.1 Å². The highest BCUT2D eigenvalue weighted by atomic mass is 16.5. The molecule has 3 heteroatoms. The van der Waals surface area contributed by atoms with Gasteiger partial charge in [0.2, 0.25) is 0 Å². The van der Waals surface area contributed by atoms with E-state index in [9.17, 15) is 9.90 Å². The van der Waals surface area contributed by atoms with Gasteiger partial charge in [-0.05, 0) is 44.9 Å². The van der Waals surface area contributed by atoms with Crippen molar-refractivity contribution in [2.45, 2.75) is 83.3 Å². The molecule has 0 saturated carbocycles. The van der Waals surface area contributed by atoms with Crippen molar-refractivity contribution in [2.75, 3.05) is 0 Å². The van der Waals surface area contributed by atoms with Crippen molar-refractivity contribution in [1.82, 2.24) is 0 Å². The summed E-state index contributed by atoms with van der Waals surface area (Å²) in [6.07, 6.45) is 17.5. The van der Waals surface area contributed by atoms with E-state index < -0.39 is 6.10 Å². The van der Waals surface area contributed by atoms with Gasteiger partial charge < -0.3 is 9.84 Å². The summed E-state index contributed by atoms with van der Waals surface area (Å²) in [5, 5.41) is 9.87. The number of allylic oxidation sites excluding steroid dienone is 3. The summed E-state index contributed by atoms with van der Waals surface area (Å²) >= 11 is 0. The Hall–Kier alpha value is -1.09. The second kappa shape index (κ2) is 11.6. The van der Waals surface area contributed by atoms with Gasteiger partial charge in [-0.15, -0.1) is 0 Å². The predicted molar refractivity (Wildman–Crippen MR) is 86.0 cm³/mol. The Bertz CT molecular complexity index is 333. The van der Waals surface area contributed by atoms with Crippen molar-refractivity contribution in [1.29, 1.82) is 0 Å². The molecule has 1 fully saturated rings. The lowest BCUT2D eigenvalue weighted by Crippen LogP contribution is -2.24. The maximum Gasteiger partial charge on any atom is 0.306 e. The molecule has 0 bridgehead atoms. The number of ether oxygens (including phenoxy) is 1. The third-order valence-electron chi connectivity index (χ3n) is 3.76. The summed E-state index contributed by atoms with van der Waals surface area (Å²) in [5.41, 5.74) is 0. The molecule has 0 radical (unpaired) electrons. The standard InChI is InChI=1S/C18H30O3/c1-2-3-4-5-6-7-8-9-11-16(19)14-15-17-12-10-13-18(20)21-17/h6-7,9,11,16-17,19H,2-5,8,10,12-15H2,1H3/b7-6-,11-9-/t16-,17-/m0/s1. The zero-order valence-corrected chi connectivity index (χ0v) is 13.3. The molecule has 1 aliphatic rings. The summed E-state index contributed by atoms with van der Waals surface area (Å²) in [6.45, 7) is 2.21. The summed E-state index contributed by atoms with van der Waals surface area (Å²) in [6, 6.07) is 0. The first kappa shape index (κ1) is 18.0. The van der Waals surface area contributed by atoms with Gasteiger partial charge in [0.1, 0.15) is 6.10 Å². The van der Waals surface area contributed by atoms with E-state index in [0.29, 0.717) is 12.8 Å². The van der Waals surface area contributed by atoms with Gasteiger partial charge >= 0.3 is 5.97 Å². The quantitative estimate of drug-likeness (QED) is 0.371. The minimum Gasteiger partial charge on any atom is -0.462 e. The Morgan fingerprint density at radius 3 is 2.95 bits per heavy atom. The Labute approximate surface area is 129 Å². The van der Waals surface area contributed by atoms with Gasteiger partial charge in [-0.25, -0.2) is 0 Å². The van der Waals surface area contributed by atoms with Crippen LogP contribution in [0.4, 0.5) is 0 Å². The van der Waals surface area contributed by atoms with Crippen LogP contribution in [0.1, 0.15) is 71.1 Å². The fourth-order valence-electron chi connectivity index (χ4n) is 2.47. The average Bonchev–Trinajstić information content (AvgIpc) is 2.48. The first-order valence-electron chi connectivity index (χ1n) is 8.41. The molecule has 1 aliphatic heterocycles. The highest BCUT2D eigenvalue weighted by Gasteiger charge is 2.20. The van der Waals surface area contributed by atoms with Crippen LogP contribution in [0.25, 0.3) is 0 Å². The summed E-state index contributed by atoms with van der Waals surface area (Å²) in [4.78, 5) is 11.2. The first-order valence-corrected chi connectivity index (χ1v) is 8.41. The molecular weight excluding hydrogens is 264 g/mol. The normalized spacial score (nSPS) is 21.0. The van der Waals surface area contributed by atoms with Crippen LogP contribution in [0.3, 0.4) is 0 Å². The lowest BCUT2D eigenvalue weighted by molar-refractivity contribution is -0.154. The molecule has 0 aromatic carbocycles. The molecule has 1 saturated heterocycles. The predicted octanol–water partition coefficient (Wildman–Crippen LogP) is 4.31. The number of carbonyl (C=O) groups is 1. The van der Waals surface area contributed by atoms with Crippen LogP contribution in [-0.2, 0) is 9.53 Å². The molecule has 120 valence electrons. The fraction of sp³-hybridized carbons (Fsp3) is 0.722. The average molecular weight is 294 g/mol. The highest BCUT2D eigenvalue weighted by molar-refractivity contribution is 5.70. The minimum absolute atomic E-state index is 0.00719. The van der Waals surface area contributed by atoms with Crippen molar-refractivity contribution in [3.05, 3.63) is 24.3 Å². The van der Waals surface area contributed by atoms with Gasteiger partial charge in [0, 0.05) is 6.42 Å². The number of unbranched alkanes of at least 4 members (excludes halogenated alkanes) is 3. The lowest BCUT2D eigenvalue weighted by atomic mass is 10.0. The molecule has 0 aromatic heterocycles. The van der Waals surface area contributed by atoms with Gasteiger partial charge in [0.15, 0.2) is 0 Å². The number of aliphatic hydroxyl groups is 1. The van der Waals surface area contributed by atoms with Crippen LogP contribution in [0, 0.1) is 0 Å². The molecule has 0 spiro atoms. The number of cyclic esters (lactones) is 1. The zero-order chi connectivity index (χ0) is 15.3. The summed E-state index contributed by atoms with van der Waals surface area (Å²) < 4.78 is 5.24. The molecule has 21 heavy (non-hydrogen) atoms. The smallest absolute Gasteiger partial charge is 0.306 e. The molecule has 2 atom stereocenters. The van der Waals surface area contributed by atoms with E-state index >= 15 is 0 Å². The van der Waals surface area contributed by atoms with Crippen LogP contribution in [0.5, 0.6) is 0 Å². The Balaban J connectivity index is 2.05. The molecule has 0 amide bonds. The Morgan fingerprint density at radius 2 is 2.19 bits per heavy atom. The molecule has 3 nitrogen and oxygen atoms in total. The van der Waals surface area contributed by atoms with Crippen molar-refractivity contribution >= 4 is 5.97 Å². The minimum atomic E-state index is -0.431. The van der Waals surface area contributed by atoms with Crippen LogP contribution in [0.15, 0.2) is 24.3 Å². The molecule has 1 N–H and O–H groups in total. The Morgan fingerprint density at radius 1 is 1.33 bits per heavy atom. The van der Waals surface area contributed by atoms with E-state index in [-0.39, 0.29) is 12.1 Å². The van der Waals surface area contributed by atoms with E-state index in [4.69, 9.17) is 4.74 Å². The molecular formula is C18H30O3.